The lowest BCUT2D eigenvalue weighted by Gasteiger charge is -2.24. The maximum atomic E-state index is 13.5. The van der Waals surface area contributed by atoms with Crippen molar-refractivity contribution in [3.05, 3.63) is 48.3 Å². The van der Waals surface area contributed by atoms with E-state index in [0.717, 1.165) is 37.7 Å². The van der Waals surface area contributed by atoms with Gasteiger partial charge in [0.15, 0.2) is 5.03 Å². The van der Waals surface area contributed by atoms with Crippen LogP contribution in [0.15, 0.2) is 52.4 Å². The summed E-state index contributed by atoms with van der Waals surface area (Å²) in [5, 5.41) is 13.9. The van der Waals surface area contributed by atoms with Gasteiger partial charge >= 0.3 is 0 Å². The zero-order valence-electron chi connectivity index (χ0n) is 14.0. The SMILES string of the molecule is O=S(=O)(c1cccc(F)c1)c1[nH]nc2ccc(NC3CCNCC3)cc12. The van der Waals surface area contributed by atoms with E-state index in [-0.39, 0.29) is 9.92 Å². The van der Waals surface area contributed by atoms with Crippen LogP contribution >= 0.6 is 0 Å². The van der Waals surface area contributed by atoms with Gasteiger partial charge in [-0.15, -0.1) is 0 Å². The van der Waals surface area contributed by atoms with E-state index in [9.17, 15) is 12.8 Å². The highest BCUT2D eigenvalue weighted by Crippen LogP contribution is 2.29. The first-order chi connectivity index (χ1) is 12.5. The number of H-pyrrole nitrogens is 1. The van der Waals surface area contributed by atoms with Crippen molar-refractivity contribution in [3.8, 4) is 0 Å². The highest BCUT2D eigenvalue weighted by atomic mass is 32.2. The summed E-state index contributed by atoms with van der Waals surface area (Å²) in [6.45, 7) is 1.93. The summed E-state index contributed by atoms with van der Waals surface area (Å²) in [5.41, 5.74) is 1.40. The van der Waals surface area contributed by atoms with Crippen LogP contribution < -0.4 is 10.6 Å². The van der Waals surface area contributed by atoms with Gasteiger partial charge in [0.05, 0.1) is 10.4 Å². The number of piperidine rings is 1. The summed E-state index contributed by atoms with van der Waals surface area (Å²) < 4.78 is 39.3. The molecular weight excluding hydrogens is 355 g/mol. The predicted molar refractivity (Wildman–Crippen MR) is 97.5 cm³/mol. The minimum absolute atomic E-state index is 0.0212. The molecule has 136 valence electrons. The standard InChI is InChI=1S/C18H19FN4O2S/c19-12-2-1-3-15(10-12)26(24,25)18-16-11-14(4-5-17(16)22-23-18)21-13-6-8-20-9-7-13/h1-5,10-11,13,20-21H,6-9H2,(H,22,23). The Morgan fingerprint density at radius 1 is 1.12 bits per heavy atom. The van der Waals surface area contributed by atoms with Gasteiger partial charge in [-0.25, -0.2) is 12.8 Å². The second kappa shape index (κ2) is 6.69. The summed E-state index contributed by atoms with van der Waals surface area (Å²) >= 11 is 0. The van der Waals surface area contributed by atoms with Gasteiger partial charge in [-0.3, -0.25) is 5.10 Å². The van der Waals surface area contributed by atoms with Crippen molar-refractivity contribution in [2.45, 2.75) is 28.8 Å². The van der Waals surface area contributed by atoms with Gasteiger partial charge in [0.1, 0.15) is 5.82 Å². The van der Waals surface area contributed by atoms with E-state index in [2.05, 4.69) is 20.8 Å². The van der Waals surface area contributed by atoms with E-state index in [0.29, 0.717) is 16.9 Å². The first-order valence-corrected chi connectivity index (χ1v) is 9.98. The van der Waals surface area contributed by atoms with Gasteiger partial charge in [0.25, 0.3) is 0 Å². The number of aromatic amines is 1. The topological polar surface area (TPSA) is 86.9 Å². The van der Waals surface area contributed by atoms with E-state index in [1.54, 1.807) is 12.1 Å². The third-order valence-electron chi connectivity index (χ3n) is 4.60. The number of halogens is 1. The number of nitrogens with one attached hydrogen (secondary N) is 3. The first kappa shape index (κ1) is 17.0. The Hall–Kier alpha value is -2.45. The zero-order chi connectivity index (χ0) is 18.1. The molecule has 1 fully saturated rings. The first-order valence-electron chi connectivity index (χ1n) is 8.50. The van der Waals surface area contributed by atoms with E-state index >= 15 is 0 Å². The summed E-state index contributed by atoms with van der Waals surface area (Å²) in [6.07, 6.45) is 2.02. The molecule has 1 aliphatic rings. The molecule has 0 amide bonds. The van der Waals surface area contributed by atoms with Crippen LogP contribution in [0.5, 0.6) is 0 Å². The molecule has 0 radical (unpaired) electrons. The van der Waals surface area contributed by atoms with Crippen molar-refractivity contribution >= 4 is 26.4 Å². The minimum Gasteiger partial charge on any atom is -0.382 e. The lowest BCUT2D eigenvalue weighted by atomic mass is 10.1. The lowest BCUT2D eigenvalue weighted by Crippen LogP contribution is -2.35. The quantitative estimate of drug-likeness (QED) is 0.654. The molecule has 2 aromatic carbocycles. The van der Waals surface area contributed by atoms with Crippen LogP contribution in [0.1, 0.15) is 12.8 Å². The zero-order valence-corrected chi connectivity index (χ0v) is 14.8. The number of aromatic nitrogens is 2. The Labute approximate surface area is 150 Å². The largest absolute Gasteiger partial charge is 0.382 e. The highest BCUT2D eigenvalue weighted by molar-refractivity contribution is 7.91. The van der Waals surface area contributed by atoms with Crippen LogP contribution in [-0.4, -0.2) is 37.7 Å². The number of fused-ring (bicyclic) bond motifs is 1. The molecule has 3 N–H and O–H groups in total. The van der Waals surface area contributed by atoms with Crippen molar-refractivity contribution in [1.82, 2.24) is 15.5 Å². The summed E-state index contributed by atoms with van der Waals surface area (Å²) in [4.78, 5) is -0.0974. The molecule has 0 unspecified atom stereocenters. The van der Waals surface area contributed by atoms with Crippen LogP contribution in [-0.2, 0) is 9.84 Å². The molecule has 2 heterocycles. The third kappa shape index (κ3) is 3.17. The predicted octanol–water partition coefficient (Wildman–Crippen LogP) is 2.70. The molecule has 8 heteroatoms. The molecule has 0 saturated carbocycles. The lowest BCUT2D eigenvalue weighted by molar-refractivity contribution is 0.479. The molecule has 1 aromatic heterocycles. The van der Waals surface area contributed by atoms with E-state index < -0.39 is 15.7 Å². The normalized spacial score (nSPS) is 16.0. The molecule has 3 aromatic rings. The molecule has 0 spiro atoms. The van der Waals surface area contributed by atoms with Crippen molar-refractivity contribution < 1.29 is 12.8 Å². The number of nitrogens with zero attached hydrogens (tertiary/aromatic N) is 1. The van der Waals surface area contributed by atoms with Crippen LogP contribution in [0, 0.1) is 5.82 Å². The Morgan fingerprint density at radius 2 is 1.92 bits per heavy atom. The molecule has 1 saturated heterocycles. The number of benzene rings is 2. The number of hydrogen-bond acceptors (Lipinski definition) is 5. The monoisotopic (exact) mass is 374 g/mol. The third-order valence-corrected chi connectivity index (χ3v) is 6.33. The van der Waals surface area contributed by atoms with Gasteiger partial charge in [0, 0.05) is 17.1 Å². The Balaban J connectivity index is 1.72. The number of hydrogen-bond donors (Lipinski definition) is 3. The fraction of sp³-hybridized carbons (Fsp3) is 0.278. The number of anilines is 1. The molecule has 6 nitrogen and oxygen atoms in total. The average Bonchev–Trinajstić information content (AvgIpc) is 3.06. The van der Waals surface area contributed by atoms with Gasteiger partial charge in [-0.05, 0) is 62.3 Å². The average molecular weight is 374 g/mol. The second-order valence-electron chi connectivity index (χ2n) is 6.41. The minimum atomic E-state index is -3.89. The highest BCUT2D eigenvalue weighted by Gasteiger charge is 2.24. The van der Waals surface area contributed by atoms with Crippen LogP contribution in [0.4, 0.5) is 10.1 Å². The maximum absolute atomic E-state index is 13.5. The van der Waals surface area contributed by atoms with Gasteiger partial charge < -0.3 is 10.6 Å². The summed E-state index contributed by atoms with van der Waals surface area (Å²) in [5.74, 6) is -0.594. The van der Waals surface area contributed by atoms with Crippen LogP contribution in [0.3, 0.4) is 0 Å². The van der Waals surface area contributed by atoms with Crippen molar-refractivity contribution in [2.75, 3.05) is 18.4 Å². The smallest absolute Gasteiger partial charge is 0.224 e. The number of sulfone groups is 1. The molecule has 0 atom stereocenters. The van der Waals surface area contributed by atoms with E-state index in [4.69, 9.17) is 0 Å². The molecule has 0 aliphatic carbocycles. The second-order valence-corrected chi connectivity index (χ2v) is 8.30. The van der Waals surface area contributed by atoms with E-state index in [1.807, 2.05) is 6.07 Å². The van der Waals surface area contributed by atoms with Gasteiger partial charge in [0.2, 0.25) is 9.84 Å². The van der Waals surface area contributed by atoms with Crippen LogP contribution in [0.2, 0.25) is 0 Å². The van der Waals surface area contributed by atoms with Crippen LogP contribution in [0.25, 0.3) is 10.9 Å². The molecule has 0 bridgehead atoms. The Morgan fingerprint density at radius 3 is 2.69 bits per heavy atom. The Bertz CT molecular complexity index is 1040. The number of rotatable bonds is 4. The van der Waals surface area contributed by atoms with Crippen molar-refractivity contribution in [2.24, 2.45) is 0 Å². The Kier molecular flexibility index (Phi) is 4.37. The fourth-order valence-electron chi connectivity index (χ4n) is 3.24. The molecule has 1 aliphatic heterocycles. The summed E-state index contributed by atoms with van der Waals surface area (Å²) in [7, 11) is -3.89. The fourth-order valence-corrected chi connectivity index (χ4v) is 4.62. The van der Waals surface area contributed by atoms with Gasteiger partial charge in [-0.2, -0.15) is 5.10 Å². The maximum Gasteiger partial charge on any atom is 0.224 e. The van der Waals surface area contributed by atoms with Crippen molar-refractivity contribution in [3.63, 3.8) is 0 Å². The molecule has 26 heavy (non-hydrogen) atoms. The van der Waals surface area contributed by atoms with Crippen molar-refractivity contribution in [1.29, 1.82) is 0 Å². The molecule has 4 rings (SSSR count). The van der Waals surface area contributed by atoms with Gasteiger partial charge in [-0.1, -0.05) is 6.07 Å². The summed E-state index contributed by atoms with van der Waals surface area (Å²) in [6, 6.07) is 10.8. The molecular formula is C18H19FN4O2S. The van der Waals surface area contributed by atoms with E-state index in [1.165, 1.54) is 18.2 Å².